The molecule has 0 aliphatic carbocycles. The maximum Gasteiger partial charge on any atom is 0.337 e. The summed E-state index contributed by atoms with van der Waals surface area (Å²) in [7, 11) is 1.37. The minimum Gasteiger partial charge on any atom is -0.465 e. The van der Waals surface area contributed by atoms with Crippen molar-refractivity contribution in [1.82, 2.24) is 4.90 Å². The summed E-state index contributed by atoms with van der Waals surface area (Å²) in [6.07, 6.45) is 2.10. The number of nitrogens with zero attached hydrogens (tertiary/aromatic N) is 1. The fourth-order valence-corrected chi connectivity index (χ4v) is 3.05. The summed E-state index contributed by atoms with van der Waals surface area (Å²) in [5.74, 6) is -0.355. The van der Waals surface area contributed by atoms with Gasteiger partial charge in [-0.2, -0.15) is 0 Å². The molecule has 1 N–H and O–H groups in total. The number of hydrogen-bond acceptors (Lipinski definition) is 4. The number of benzene rings is 1. The average molecular weight is 312 g/mol. The smallest absolute Gasteiger partial charge is 0.337 e. The number of methoxy groups -OCH3 is 1. The summed E-state index contributed by atoms with van der Waals surface area (Å²) < 4.78 is 4.74. The third kappa shape index (κ3) is 3.96. The maximum absolute atomic E-state index is 11.6. The van der Waals surface area contributed by atoms with E-state index in [1.807, 2.05) is 0 Å². The van der Waals surface area contributed by atoms with E-state index in [4.69, 9.17) is 16.3 Å². The van der Waals surface area contributed by atoms with Crippen LogP contribution in [0.15, 0.2) is 18.2 Å². The quantitative estimate of drug-likeness (QED) is 0.869. The van der Waals surface area contributed by atoms with Gasteiger partial charge in [-0.3, -0.25) is 4.90 Å². The molecule has 2 rings (SSSR count). The lowest BCUT2D eigenvalue weighted by atomic mass is 9.82. The molecule has 1 saturated heterocycles. The summed E-state index contributed by atoms with van der Waals surface area (Å²) in [6.45, 7) is 4.79. The monoisotopic (exact) mass is 311 g/mol. The number of esters is 1. The van der Waals surface area contributed by atoms with Crippen LogP contribution in [0.4, 0.5) is 0 Å². The van der Waals surface area contributed by atoms with Crippen molar-refractivity contribution in [1.29, 1.82) is 0 Å². The van der Waals surface area contributed by atoms with Gasteiger partial charge in [0.25, 0.3) is 0 Å². The van der Waals surface area contributed by atoms with Gasteiger partial charge in [-0.25, -0.2) is 4.79 Å². The number of rotatable bonds is 4. The molecule has 0 aromatic heterocycles. The first-order valence-corrected chi connectivity index (χ1v) is 7.55. The molecule has 1 heterocycles. The van der Waals surface area contributed by atoms with Gasteiger partial charge in [-0.1, -0.05) is 18.5 Å². The molecular formula is C16H22ClNO3. The molecule has 5 heteroatoms. The van der Waals surface area contributed by atoms with Crippen LogP contribution in [0.2, 0.25) is 5.02 Å². The molecule has 21 heavy (non-hydrogen) atoms. The third-order valence-electron chi connectivity index (χ3n) is 4.10. The Morgan fingerprint density at radius 3 is 2.95 bits per heavy atom. The Labute approximate surface area is 130 Å². The molecular weight excluding hydrogens is 290 g/mol. The average Bonchev–Trinajstić information content (AvgIpc) is 2.49. The zero-order valence-electron chi connectivity index (χ0n) is 12.6. The zero-order chi connectivity index (χ0) is 15.5. The Morgan fingerprint density at radius 2 is 2.29 bits per heavy atom. The van der Waals surface area contributed by atoms with E-state index in [1.165, 1.54) is 7.11 Å². The Hall–Kier alpha value is -1.10. The van der Waals surface area contributed by atoms with Crippen molar-refractivity contribution in [2.24, 2.45) is 5.41 Å². The molecule has 0 spiro atoms. The van der Waals surface area contributed by atoms with Crippen molar-refractivity contribution >= 4 is 17.6 Å². The van der Waals surface area contributed by atoms with Gasteiger partial charge in [0.2, 0.25) is 0 Å². The Balaban J connectivity index is 2.13. The van der Waals surface area contributed by atoms with Gasteiger partial charge in [0.05, 0.1) is 12.7 Å². The summed E-state index contributed by atoms with van der Waals surface area (Å²) in [5, 5.41) is 10.2. The van der Waals surface area contributed by atoms with E-state index in [0.717, 1.165) is 31.5 Å². The standard InChI is InChI=1S/C16H22ClNO3/c1-16(11-19)6-3-7-18(10-16)9-13-8-12(15(20)21-2)4-5-14(13)17/h4-5,8,19H,3,6-7,9-11H2,1-2H3. The van der Waals surface area contributed by atoms with E-state index in [9.17, 15) is 9.90 Å². The summed E-state index contributed by atoms with van der Waals surface area (Å²) in [6, 6.07) is 5.20. The summed E-state index contributed by atoms with van der Waals surface area (Å²) in [5.41, 5.74) is 1.38. The van der Waals surface area contributed by atoms with Gasteiger partial charge in [-0.05, 0) is 43.1 Å². The summed E-state index contributed by atoms with van der Waals surface area (Å²) >= 11 is 6.24. The van der Waals surface area contributed by atoms with Crippen molar-refractivity contribution in [2.45, 2.75) is 26.3 Å². The molecule has 1 fully saturated rings. The van der Waals surface area contributed by atoms with Crippen LogP contribution in [0.1, 0.15) is 35.7 Å². The van der Waals surface area contributed by atoms with Crippen molar-refractivity contribution in [3.05, 3.63) is 34.3 Å². The van der Waals surface area contributed by atoms with Crippen LogP contribution in [0.5, 0.6) is 0 Å². The van der Waals surface area contributed by atoms with Gasteiger partial charge < -0.3 is 9.84 Å². The summed E-state index contributed by atoms with van der Waals surface area (Å²) in [4.78, 5) is 13.9. The van der Waals surface area contributed by atoms with Gasteiger partial charge in [-0.15, -0.1) is 0 Å². The molecule has 1 atom stereocenters. The molecule has 1 aromatic rings. The van der Waals surface area contributed by atoms with E-state index in [0.29, 0.717) is 17.1 Å². The van der Waals surface area contributed by atoms with Crippen LogP contribution in [-0.4, -0.2) is 42.8 Å². The second-order valence-electron chi connectivity index (χ2n) is 6.08. The Morgan fingerprint density at radius 1 is 1.52 bits per heavy atom. The Bertz CT molecular complexity index is 520. The number of aliphatic hydroxyl groups excluding tert-OH is 1. The third-order valence-corrected chi connectivity index (χ3v) is 4.47. The van der Waals surface area contributed by atoms with Gasteiger partial charge in [0.1, 0.15) is 0 Å². The van der Waals surface area contributed by atoms with Crippen LogP contribution in [0.3, 0.4) is 0 Å². The largest absolute Gasteiger partial charge is 0.465 e. The van der Waals surface area contributed by atoms with Crippen LogP contribution >= 0.6 is 11.6 Å². The van der Waals surface area contributed by atoms with Crippen LogP contribution in [0.25, 0.3) is 0 Å². The second-order valence-corrected chi connectivity index (χ2v) is 6.49. The second kappa shape index (κ2) is 6.77. The van der Waals surface area contributed by atoms with Crippen LogP contribution < -0.4 is 0 Å². The van der Waals surface area contributed by atoms with Crippen molar-refractivity contribution < 1.29 is 14.6 Å². The molecule has 1 aliphatic rings. The first-order valence-electron chi connectivity index (χ1n) is 7.17. The molecule has 0 saturated carbocycles. The molecule has 1 aromatic carbocycles. The van der Waals surface area contributed by atoms with Gasteiger partial charge >= 0.3 is 5.97 Å². The fraction of sp³-hybridized carbons (Fsp3) is 0.562. The van der Waals surface area contributed by atoms with E-state index in [2.05, 4.69) is 11.8 Å². The van der Waals surface area contributed by atoms with E-state index >= 15 is 0 Å². The number of aliphatic hydroxyl groups is 1. The number of carbonyl (C=O) groups excluding carboxylic acids is 1. The minimum atomic E-state index is -0.355. The molecule has 0 bridgehead atoms. The van der Waals surface area contributed by atoms with E-state index in [-0.39, 0.29) is 18.0 Å². The molecule has 4 nitrogen and oxygen atoms in total. The van der Waals surface area contributed by atoms with Gasteiger partial charge in [0, 0.05) is 30.1 Å². The number of ether oxygens (including phenoxy) is 1. The molecule has 0 amide bonds. The van der Waals surface area contributed by atoms with E-state index < -0.39 is 0 Å². The van der Waals surface area contributed by atoms with Gasteiger partial charge in [0.15, 0.2) is 0 Å². The number of halogens is 1. The first kappa shape index (κ1) is 16.3. The van der Waals surface area contributed by atoms with Crippen molar-refractivity contribution in [3.63, 3.8) is 0 Å². The maximum atomic E-state index is 11.6. The van der Waals surface area contributed by atoms with Crippen molar-refractivity contribution in [3.8, 4) is 0 Å². The number of carbonyl (C=O) groups is 1. The normalized spacial score (nSPS) is 23.0. The number of hydrogen-bond donors (Lipinski definition) is 1. The first-order chi connectivity index (χ1) is 9.97. The number of piperidine rings is 1. The SMILES string of the molecule is COC(=O)c1ccc(Cl)c(CN2CCCC(C)(CO)C2)c1. The zero-order valence-corrected chi connectivity index (χ0v) is 13.3. The highest BCUT2D eigenvalue weighted by atomic mass is 35.5. The highest BCUT2D eigenvalue weighted by Gasteiger charge is 2.30. The molecule has 1 aliphatic heterocycles. The highest BCUT2D eigenvalue weighted by molar-refractivity contribution is 6.31. The van der Waals surface area contributed by atoms with E-state index in [1.54, 1.807) is 18.2 Å². The predicted molar refractivity (Wildman–Crippen MR) is 82.5 cm³/mol. The topological polar surface area (TPSA) is 49.8 Å². The number of likely N-dealkylation sites (tertiary alicyclic amines) is 1. The minimum absolute atomic E-state index is 0.0509. The lowest BCUT2D eigenvalue weighted by molar-refractivity contribution is 0.0429. The molecule has 116 valence electrons. The van der Waals surface area contributed by atoms with Crippen molar-refractivity contribution in [2.75, 3.05) is 26.8 Å². The van der Waals surface area contributed by atoms with Crippen LogP contribution in [0, 0.1) is 5.41 Å². The van der Waals surface area contributed by atoms with Crippen LogP contribution in [-0.2, 0) is 11.3 Å². The lowest BCUT2D eigenvalue weighted by Gasteiger charge is -2.39. The highest BCUT2D eigenvalue weighted by Crippen LogP contribution is 2.30. The lowest BCUT2D eigenvalue weighted by Crippen LogP contribution is -2.43. The predicted octanol–water partition coefficient (Wildman–Crippen LogP) is 2.72. The molecule has 0 radical (unpaired) electrons. The molecule has 1 unspecified atom stereocenters. The fourth-order valence-electron chi connectivity index (χ4n) is 2.87. The Kier molecular flexibility index (Phi) is 5.25.